The smallest absolute Gasteiger partial charge is 0.161 e. The van der Waals surface area contributed by atoms with Crippen LogP contribution in [0.4, 0.5) is 0 Å². The molecule has 0 heterocycles. The van der Waals surface area contributed by atoms with Gasteiger partial charge in [-0.3, -0.25) is 0 Å². The molecule has 2 heteroatoms. The highest BCUT2D eigenvalue weighted by molar-refractivity contribution is 5.39. The van der Waals surface area contributed by atoms with Gasteiger partial charge < -0.3 is 9.47 Å². The maximum atomic E-state index is 5.85. The van der Waals surface area contributed by atoms with Crippen molar-refractivity contribution in [2.75, 3.05) is 6.61 Å². The molecule has 0 bridgehead atoms. The Morgan fingerprint density at radius 1 is 0.789 bits per heavy atom. The Morgan fingerprint density at radius 3 is 2.11 bits per heavy atom. The van der Waals surface area contributed by atoms with Crippen molar-refractivity contribution in [1.29, 1.82) is 0 Å². The molecule has 0 amide bonds. The van der Waals surface area contributed by atoms with Gasteiger partial charge in [-0.2, -0.15) is 0 Å². The molecule has 19 heavy (non-hydrogen) atoms. The molecule has 0 radical (unpaired) electrons. The van der Waals surface area contributed by atoms with E-state index in [1.54, 1.807) is 0 Å². The van der Waals surface area contributed by atoms with Crippen molar-refractivity contribution in [3.63, 3.8) is 0 Å². The van der Waals surface area contributed by atoms with Crippen molar-refractivity contribution in [3.8, 4) is 11.5 Å². The summed E-state index contributed by atoms with van der Waals surface area (Å²) in [6.45, 7) is 1.39. The van der Waals surface area contributed by atoms with Crippen molar-refractivity contribution < 1.29 is 9.47 Å². The molecule has 2 nitrogen and oxygen atoms in total. The second kappa shape index (κ2) is 5.79. The van der Waals surface area contributed by atoms with E-state index in [4.69, 9.17) is 9.47 Å². The average molecular weight is 254 g/mol. The highest BCUT2D eigenvalue weighted by atomic mass is 16.5. The SMILES string of the molecule is c1ccc(COc2ccccc2OCC2CC2)cc1. The van der Waals surface area contributed by atoms with Crippen molar-refractivity contribution in [2.24, 2.45) is 5.92 Å². The largest absolute Gasteiger partial charge is 0.489 e. The molecule has 1 fully saturated rings. The summed E-state index contributed by atoms with van der Waals surface area (Å²) in [5.41, 5.74) is 1.17. The van der Waals surface area contributed by atoms with Crippen LogP contribution >= 0.6 is 0 Å². The van der Waals surface area contributed by atoms with Gasteiger partial charge in [0.2, 0.25) is 0 Å². The molecule has 0 spiro atoms. The Morgan fingerprint density at radius 2 is 1.42 bits per heavy atom. The van der Waals surface area contributed by atoms with Gasteiger partial charge in [-0.15, -0.1) is 0 Å². The third-order valence-corrected chi connectivity index (χ3v) is 3.26. The molecular weight excluding hydrogens is 236 g/mol. The van der Waals surface area contributed by atoms with E-state index in [1.807, 2.05) is 42.5 Å². The second-order valence-electron chi connectivity index (χ2n) is 4.98. The number of para-hydroxylation sites is 2. The van der Waals surface area contributed by atoms with Crippen LogP contribution in [-0.2, 0) is 6.61 Å². The number of hydrogen-bond acceptors (Lipinski definition) is 2. The summed E-state index contributed by atoms with van der Waals surface area (Å²) in [4.78, 5) is 0. The van der Waals surface area contributed by atoms with Crippen LogP contribution in [0.15, 0.2) is 54.6 Å². The minimum absolute atomic E-state index is 0.574. The van der Waals surface area contributed by atoms with Crippen LogP contribution in [0.25, 0.3) is 0 Å². The van der Waals surface area contributed by atoms with Gasteiger partial charge in [0.15, 0.2) is 11.5 Å². The highest BCUT2D eigenvalue weighted by Crippen LogP contribution is 2.32. The van der Waals surface area contributed by atoms with Crippen molar-refractivity contribution in [2.45, 2.75) is 19.4 Å². The summed E-state index contributed by atoms with van der Waals surface area (Å²) in [6.07, 6.45) is 2.60. The van der Waals surface area contributed by atoms with Crippen LogP contribution in [0.3, 0.4) is 0 Å². The predicted molar refractivity (Wildman–Crippen MR) is 75.4 cm³/mol. The van der Waals surface area contributed by atoms with Gasteiger partial charge in [-0.05, 0) is 36.5 Å². The molecule has 1 saturated carbocycles. The minimum atomic E-state index is 0.574. The molecular formula is C17H18O2. The summed E-state index contributed by atoms with van der Waals surface area (Å²) in [5.74, 6) is 2.43. The van der Waals surface area contributed by atoms with Crippen LogP contribution in [0, 0.1) is 5.92 Å². The Hall–Kier alpha value is -1.96. The molecule has 98 valence electrons. The fourth-order valence-electron chi connectivity index (χ4n) is 1.92. The Bertz CT molecular complexity index is 518. The first kappa shape index (κ1) is 12.1. The number of hydrogen-bond donors (Lipinski definition) is 0. The van der Waals surface area contributed by atoms with Crippen molar-refractivity contribution in [3.05, 3.63) is 60.2 Å². The molecule has 0 unspecified atom stereocenters. The van der Waals surface area contributed by atoms with Gasteiger partial charge in [0.25, 0.3) is 0 Å². The Labute approximate surface area is 114 Å². The predicted octanol–water partition coefficient (Wildman–Crippen LogP) is 4.05. The van der Waals surface area contributed by atoms with Crippen molar-refractivity contribution >= 4 is 0 Å². The van der Waals surface area contributed by atoms with Crippen molar-refractivity contribution in [1.82, 2.24) is 0 Å². The van der Waals surface area contributed by atoms with Crippen LogP contribution in [-0.4, -0.2) is 6.61 Å². The maximum absolute atomic E-state index is 5.85. The summed E-state index contributed by atoms with van der Waals surface area (Å²) in [5, 5.41) is 0. The second-order valence-corrected chi connectivity index (χ2v) is 4.98. The summed E-state index contributed by atoms with van der Waals surface area (Å²) in [6, 6.07) is 18.1. The fraction of sp³-hybridized carbons (Fsp3) is 0.294. The summed E-state index contributed by atoms with van der Waals surface area (Å²) >= 11 is 0. The third-order valence-electron chi connectivity index (χ3n) is 3.26. The number of benzene rings is 2. The van der Waals surface area contributed by atoms with E-state index in [9.17, 15) is 0 Å². The molecule has 0 saturated heterocycles. The molecule has 0 N–H and O–H groups in total. The quantitative estimate of drug-likeness (QED) is 0.774. The lowest BCUT2D eigenvalue weighted by Gasteiger charge is -2.12. The summed E-state index contributed by atoms with van der Waals surface area (Å²) in [7, 11) is 0. The lowest BCUT2D eigenvalue weighted by Crippen LogP contribution is -2.02. The normalized spacial score (nSPS) is 14.1. The fourth-order valence-corrected chi connectivity index (χ4v) is 1.92. The van der Waals surface area contributed by atoms with Gasteiger partial charge in [-0.25, -0.2) is 0 Å². The topological polar surface area (TPSA) is 18.5 Å². The Balaban J connectivity index is 1.62. The maximum Gasteiger partial charge on any atom is 0.161 e. The standard InChI is InChI=1S/C17H18O2/c1-2-6-14(7-3-1)12-18-16-8-4-5-9-17(16)19-13-15-10-11-15/h1-9,15H,10-13H2. The number of ether oxygens (including phenoxy) is 2. The van der Waals surface area contributed by atoms with Gasteiger partial charge >= 0.3 is 0 Å². The first-order chi connectivity index (χ1) is 9.42. The van der Waals surface area contributed by atoms with E-state index in [1.165, 1.54) is 18.4 Å². The van der Waals surface area contributed by atoms with E-state index in [2.05, 4.69) is 12.1 Å². The van der Waals surface area contributed by atoms with Crippen LogP contribution < -0.4 is 9.47 Å². The molecule has 1 aliphatic rings. The lowest BCUT2D eigenvalue weighted by atomic mass is 10.2. The molecule has 2 aromatic rings. The zero-order valence-corrected chi connectivity index (χ0v) is 10.9. The molecule has 0 atom stereocenters. The minimum Gasteiger partial charge on any atom is -0.489 e. The van der Waals surface area contributed by atoms with Crippen LogP contribution in [0.5, 0.6) is 11.5 Å². The van der Waals surface area contributed by atoms with Crippen LogP contribution in [0.1, 0.15) is 18.4 Å². The summed E-state index contributed by atoms with van der Waals surface area (Å²) < 4.78 is 11.7. The van der Waals surface area contributed by atoms with Gasteiger partial charge in [0.05, 0.1) is 6.61 Å². The van der Waals surface area contributed by atoms with Gasteiger partial charge in [0, 0.05) is 0 Å². The first-order valence-electron chi connectivity index (χ1n) is 6.80. The Kier molecular flexibility index (Phi) is 3.68. The zero-order valence-electron chi connectivity index (χ0n) is 10.9. The lowest BCUT2D eigenvalue weighted by molar-refractivity contribution is 0.254. The molecule has 1 aliphatic carbocycles. The molecule has 3 rings (SSSR count). The monoisotopic (exact) mass is 254 g/mol. The van der Waals surface area contributed by atoms with Crippen LogP contribution in [0.2, 0.25) is 0 Å². The van der Waals surface area contributed by atoms with Gasteiger partial charge in [-0.1, -0.05) is 42.5 Å². The highest BCUT2D eigenvalue weighted by Gasteiger charge is 2.22. The molecule has 2 aromatic carbocycles. The number of rotatable bonds is 6. The molecule has 0 aliphatic heterocycles. The molecule has 0 aromatic heterocycles. The van der Waals surface area contributed by atoms with Gasteiger partial charge in [0.1, 0.15) is 6.61 Å². The van der Waals surface area contributed by atoms with E-state index < -0.39 is 0 Å². The first-order valence-corrected chi connectivity index (χ1v) is 6.80. The van der Waals surface area contributed by atoms with E-state index in [-0.39, 0.29) is 0 Å². The van der Waals surface area contributed by atoms with E-state index >= 15 is 0 Å². The average Bonchev–Trinajstić information content (AvgIpc) is 3.29. The van der Waals surface area contributed by atoms with E-state index in [0.29, 0.717) is 6.61 Å². The zero-order chi connectivity index (χ0) is 12.9. The van der Waals surface area contributed by atoms with E-state index in [0.717, 1.165) is 24.0 Å². The third kappa shape index (κ3) is 3.50.